The van der Waals surface area contributed by atoms with E-state index in [4.69, 9.17) is 0 Å². The second-order valence-electron chi connectivity index (χ2n) is 5.07. The maximum absolute atomic E-state index is 12.2. The maximum Gasteiger partial charge on any atom is 0.251 e. The lowest BCUT2D eigenvalue weighted by Crippen LogP contribution is -2.34. The van der Waals surface area contributed by atoms with Gasteiger partial charge in [0.15, 0.2) is 0 Å². The molecule has 0 saturated carbocycles. The first-order valence-corrected chi connectivity index (χ1v) is 7.50. The Balaban J connectivity index is 2.01. The van der Waals surface area contributed by atoms with Crippen molar-refractivity contribution in [2.45, 2.75) is 13.0 Å². The molecule has 1 N–H and O–H groups in total. The summed E-state index contributed by atoms with van der Waals surface area (Å²) in [5.74, 6) is -0.0166. The van der Waals surface area contributed by atoms with E-state index in [2.05, 4.69) is 21.7 Å². The van der Waals surface area contributed by atoms with Crippen molar-refractivity contribution < 1.29 is 4.79 Å². The van der Waals surface area contributed by atoms with Gasteiger partial charge in [0.2, 0.25) is 0 Å². The van der Waals surface area contributed by atoms with Gasteiger partial charge in [0, 0.05) is 17.0 Å². The summed E-state index contributed by atoms with van der Waals surface area (Å²) in [7, 11) is 4.06. The molecule has 1 aromatic carbocycles. The molecule has 1 aromatic heterocycles. The van der Waals surface area contributed by atoms with E-state index < -0.39 is 0 Å². The average molecular weight is 288 g/mol. The third kappa shape index (κ3) is 3.68. The molecule has 0 radical (unpaired) electrons. The SMILES string of the molecule is Cc1cccc(C(=O)NC[C@@H](c2cccs2)N(C)C)c1. The lowest BCUT2D eigenvalue weighted by atomic mass is 10.1. The highest BCUT2D eigenvalue weighted by Gasteiger charge is 2.16. The predicted octanol–water partition coefficient (Wildman–Crippen LogP) is 3.09. The van der Waals surface area contributed by atoms with Crippen LogP contribution in [0.2, 0.25) is 0 Å². The number of nitrogens with zero attached hydrogens (tertiary/aromatic N) is 1. The van der Waals surface area contributed by atoms with E-state index >= 15 is 0 Å². The van der Waals surface area contributed by atoms with Gasteiger partial charge in [-0.3, -0.25) is 4.79 Å². The molecule has 0 saturated heterocycles. The molecule has 0 spiro atoms. The minimum Gasteiger partial charge on any atom is -0.350 e. The lowest BCUT2D eigenvalue weighted by Gasteiger charge is -2.23. The molecule has 4 heteroatoms. The molecule has 0 aliphatic rings. The van der Waals surface area contributed by atoms with Crippen LogP contribution < -0.4 is 5.32 Å². The zero-order valence-corrected chi connectivity index (χ0v) is 12.9. The van der Waals surface area contributed by atoms with Gasteiger partial charge in [-0.05, 0) is 44.6 Å². The maximum atomic E-state index is 12.2. The molecular weight excluding hydrogens is 268 g/mol. The van der Waals surface area contributed by atoms with E-state index in [1.54, 1.807) is 11.3 Å². The number of carbonyl (C=O) groups excluding carboxylic acids is 1. The fourth-order valence-electron chi connectivity index (χ4n) is 2.10. The second kappa shape index (κ2) is 6.68. The van der Waals surface area contributed by atoms with E-state index in [0.717, 1.165) is 5.56 Å². The van der Waals surface area contributed by atoms with Crippen molar-refractivity contribution in [3.05, 3.63) is 57.8 Å². The Morgan fingerprint density at radius 2 is 2.10 bits per heavy atom. The molecule has 1 heterocycles. The zero-order chi connectivity index (χ0) is 14.5. The Morgan fingerprint density at radius 3 is 2.70 bits per heavy atom. The second-order valence-corrected chi connectivity index (χ2v) is 6.05. The van der Waals surface area contributed by atoms with Crippen LogP contribution >= 0.6 is 11.3 Å². The van der Waals surface area contributed by atoms with Crippen molar-refractivity contribution in [2.75, 3.05) is 20.6 Å². The number of likely N-dealkylation sites (N-methyl/N-ethyl adjacent to an activating group) is 1. The van der Waals surface area contributed by atoms with Crippen LogP contribution in [-0.4, -0.2) is 31.4 Å². The van der Waals surface area contributed by atoms with Gasteiger partial charge in [0.25, 0.3) is 5.91 Å². The van der Waals surface area contributed by atoms with Crippen LogP contribution in [0.4, 0.5) is 0 Å². The molecule has 0 aliphatic heterocycles. The topological polar surface area (TPSA) is 32.3 Å². The fraction of sp³-hybridized carbons (Fsp3) is 0.312. The van der Waals surface area contributed by atoms with Gasteiger partial charge < -0.3 is 10.2 Å². The summed E-state index contributed by atoms with van der Waals surface area (Å²) < 4.78 is 0. The molecule has 2 rings (SSSR count). The molecule has 3 nitrogen and oxygen atoms in total. The number of nitrogens with one attached hydrogen (secondary N) is 1. The van der Waals surface area contributed by atoms with Gasteiger partial charge in [0.1, 0.15) is 0 Å². The number of hydrogen-bond acceptors (Lipinski definition) is 3. The third-order valence-electron chi connectivity index (χ3n) is 3.23. The van der Waals surface area contributed by atoms with E-state index in [0.29, 0.717) is 12.1 Å². The molecule has 0 fully saturated rings. The summed E-state index contributed by atoms with van der Waals surface area (Å²) in [5, 5.41) is 5.09. The molecule has 1 amide bonds. The Labute approximate surface area is 124 Å². The molecule has 0 aliphatic carbocycles. The first-order chi connectivity index (χ1) is 9.58. The highest BCUT2D eigenvalue weighted by Crippen LogP contribution is 2.22. The summed E-state index contributed by atoms with van der Waals surface area (Å²) >= 11 is 1.72. The highest BCUT2D eigenvalue weighted by atomic mass is 32.1. The number of benzene rings is 1. The van der Waals surface area contributed by atoms with Gasteiger partial charge >= 0.3 is 0 Å². The molecule has 2 aromatic rings. The number of aryl methyl sites for hydroxylation is 1. The molecule has 0 bridgehead atoms. The molecule has 106 valence electrons. The molecule has 1 atom stereocenters. The molecular formula is C16H20N2OS. The van der Waals surface area contributed by atoms with Gasteiger partial charge in [-0.25, -0.2) is 0 Å². The van der Waals surface area contributed by atoms with Crippen LogP contribution in [0.1, 0.15) is 26.8 Å². The van der Waals surface area contributed by atoms with Crippen molar-refractivity contribution >= 4 is 17.2 Å². The number of amides is 1. The van der Waals surface area contributed by atoms with Crippen molar-refractivity contribution in [3.8, 4) is 0 Å². The average Bonchev–Trinajstić information content (AvgIpc) is 2.92. The number of carbonyl (C=O) groups is 1. The van der Waals surface area contributed by atoms with E-state index in [1.807, 2.05) is 51.4 Å². The summed E-state index contributed by atoms with van der Waals surface area (Å²) in [6, 6.07) is 12.0. The molecule has 0 unspecified atom stereocenters. The van der Waals surface area contributed by atoms with Crippen molar-refractivity contribution in [2.24, 2.45) is 0 Å². The summed E-state index contributed by atoms with van der Waals surface area (Å²) in [6.45, 7) is 2.60. The Morgan fingerprint density at radius 1 is 1.30 bits per heavy atom. The van der Waals surface area contributed by atoms with Gasteiger partial charge in [-0.2, -0.15) is 0 Å². The Bertz CT molecular complexity index is 564. The monoisotopic (exact) mass is 288 g/mol. The number of hydrogen-bond donors (Lipinski definition) is 1. The fourth-order valence-corrected chi connectivity index (χ4v) is 3.02. The normalized spacial score (nSPS) is 12.4. The Kier molecular flexibility index (Phi) is 4.93. The summed E-state index contributed by atoms with van der Waals surface area (Å²) in [4.78, 5) is 15.6. The largest absolute Gasteiger partial charge is 0.350 e. The summed E-state index contributed by atoms with van der Waals surface area (Å²) in [6.07, 6.45) is 0. The minimum absolute atomic E-state index is 0.0166. The van der Waals surface area contributed by atoms with E-state index in [-0.39, 0.29) is 11.9 Å². The summed E-state index contributed by atoms with van der Waals surface area (Å²) in [5.41, 5.74) is 1.81. The Hall–Kier alpha value is -1.65. The zero-order valence-electron chi connectivity index (χ0n) is 12.1. The van der Waals surface area contributed by atoms with Crippen LogP contribution in [0.5, 0.6) is 0 Å². The predicted molar refractivity (Wildman–Crippen MR) is 84.3 cm³/mol. The minimum atomic E-state index is -0.0166. The number of thiophene rings is 1. The standard InChI is InChI=1S/C16H20N2OS/c1-12-6-4-7-13(10-12)16(19)17-11-14(18(2)3)15-8-5-9-20-15/h4-10,14H,11H2,1-3H3,(H,17,19)/t14-/m0/s1. The first kappa shape index (κ1) is 14.8. The van der Waals surface area contributed by atoms with Crippen LogP contribution in [0.3, 0.4) is 0 Å². The van der Waals surface area contributed by atoms with Crippen LogP contribution in [0, 0.1) is 6.92 Å². The molecule has 20 heavy (non-hydrogen) atoms. The van der Waals surface area contributed by atoms with Crippen molar-refractivity contribution in [1.29, 1.82) is 0 Å². The number of rotatable bonds is 5. The van der Waals surface area contributed by atoms with E-state index in [9.17, 15) is 4.79 Å². The van der Waals surface area contributed by atoms with Gasteiger partial charge in [0.05, 0.1) is 6.04 Å². The third-order valence-corrected chi connectivity index (χ3v) is 4.20. The van der Waals surface area contributed by atoms with Crippen LogP contribution in [0.25, 0.3) is 0 Å². The van der Waals surface area contributed by atoms with Crippen molar-refractivity contribution in [1.82, 2.24) is 10.2 Å². The van der Waals surface area contributed by atoms with Crippen LogP contribution in [-0.2, 0) is 0 Å². The quantitative estimate of drug-likeness (QED) is 0.917. The highest BCUT2D eigenvalue weighted by molar-refractivity contribution is 7.10. The lowest BCUT2D eigenvalue weighted by molar-refractivity contribution is 0.0942. The van der Waals surface area contributed by atoms with Gasteiger partial charge in [-0.15, -0.1) is 11.3 Å². The van der Waals surface area contributed by atoms with E-state index in [1.165, 1.54) is 4.88 Å². The van der Waals surface area contributed by atoms with Gasteiger partial charge in [-0.1, -0.05) is 23.8 Å². The first-order valence-electron chi connectivity index (χ1n) is 6.62. The van der Waals surface area contributed by atoms with Crippen LogP contribution in [0.15, 0.2) is 41.8 Å². The smallest absolute Gasteiger partial charge is 0.251 e. The van der Waals surface area contributed by atoms with Crippen molar-refractivity contribution in [3.63, 3.8) is 0 Å².